The van der Waals surface area contributed by atoms with Crippen LogP contribution in [0.25, 0.3) is 0 Å². The van der Waals surface area contributed by atoms with Gasteiger partial charge in [0.05, 0.1) is 18.6 Å². The summed E-state index contributed by atoms with van der Waals surface area (Å²) in [4.78, 5) is 26.4. The van der Waals surface area contributed by atoms with Crippen molar-refractivity contribution in [2.45, 2.75) is 50.5 Å². The van der Waals surface area contributed by atoms with Crippen molar-refractivity contribution in [1.82, 2.24) is 4.90 Å². The molecule has 3 rings (SSSR count). The van der Waals surface area contributed by atoms with Crippen molar-refractivity contribution < 1.29 is 19.4 Å². The molecular formula is C19H25NO4. The van der Waals surface area contributed by atoms with Crippen LogP contribution in [0.5, 0.6) is 0 Å². The van der Waals surface area contributed by atoms with Crippen LogP contribution in [0.3, 0.4) is 0 Å². The second-order valence-corrected chi connectivity index (χ2v) is 6.96. The number of benzene rings is 1. The van der Waals surface area contributed by atoms with E-state index in [-0.39, 0.29) is 19.1 Å². The average Bonchev–Trinajstić information content (AvgIpc) is 2.61. The Morgan fingerprint density at radius 3 is 2.67 bits per heavy atom. The van der Waals surface area contributed by atoms with Gasteiger partial charge in [0.2, 0.25) is 5.91 Å². The van der Waals surface area contributed by atoms with Crippen LogP contribution in [0.1, 0.15) is 43.2 Å². The van der Waals surface area contributed by atoms with Crippen LogP contribution in [0.2, 0.25) is 0 Å². The summed E-state index contributed by atoms with van der Waals surface area (Å²) in [5.74, 6) is -0.928. The number of hydrogen-bond acceptors (Lipinski definition) is 3. The number of carbonyl (C=O) groups is 2. The lowest BCUT2D eigenvalue weighted by Crippen LogP contribution is -2.55. The highest BCUT2D eigenvalue weighted by atomic mass is 16.5. The van der Waals surface area contributed by atoms with Crippen LogP contribution in [-0.2, 0) is 19.7 Å². The molecule has 1 aromatic carbocycles. The Kier molecular flexibility index (Phi) is 4.90. The molecule has 1 amide bonds. The lowest BCUT2D eigenvalue weighted by Gasteiger charge is -2.42. The number of amides is 1. The number of nitrogens with zero attached hydrogens (tertiary/aromatic N) is 1. The van der Waals surface area contributed by atoms with E-state index in [0.29, 0.717) is 6.54 Å². The minimum absolute atomic E-state index is 0.0716. The highest BCUT2D eigenvalue weighted by Gasteiger charge is 2.45. The van der Waals surface area contributed by atoms with E-state index in [1.807, 2.05) is 25.1 Å². The van der Waals surface area contributed by atoms with Gasteiger partial charge in [-0.05, 0) is 25.3 Å². The van der Waals surface area contributed by atoms with Gasteiger partial charge < -0.3 is 14.7 Å². The molecule has 0 bridgehead atoms. The highest BCUT2D eigenvalue weighted by Crippen LogP contribution is 2.41. The third kappa shape index (κ3) is 3.18. The van der Waals surface area contributed by atoms with Crippen molar-refractivity contribution in [2.75, 3.05) is 19.7 Å². The molecule has 2 aliphatic rings. The number of carboxylic acids is 1. The fourth-order valence-corrected chi connectivity index (χ4v) is 4.01. The number of aliphatic carboxylic acids is 1. The molecule has 0 radical (unpaired) electrons. The maximum Gasteiger partial charge on any atom is 0.334 e. The number of carboxylic acid groups (broad SMARTS) is 1. The molecule has 1 aliphatic carbocycles. The molecule has 1 saturated heterocycles. The molecule has 0 aromatic heterocycles. The van der Waals surface area contributed by atoms with Crippen molar-refractivity contribution >= 4 is 11.9 Å². The molecule has 1 N–H and O–H groups in total. The SMILES string of the molecule is Cc1cccc(C2(C(=O)N3CCOC(C(=O)O)C3)CCCCC2)c1. The van der Waals surface area contributed by atoms with Crippen LogP contribution < -0.4 is 0 Å². The minimum Gasteiger partial charge on any atom is -0.479 e. The van der Waals surface area contributed by atoms with Crippen molar-refractivity contribution in [3.8, 4) is 0 Å². The lowest BCUT2D eigenvalue weighted by atomic mass is 9.68. The molecule has 1 atom stereocenters. The highest BCUT2D eigenvalue weighted by molar-refractivity contribution is 5.89. The number of rotatable bonds is 3. The molecule has 0 spiro atoms. The summed E-state index contributed by atoms with van der Waals surface area (Å²) in [5, 5.41) is 9.20. The maximum atomic E-state index is 13.4. The first-order valence-corrected chi connectivity index (χ1v) is 8.74. The van der Waals surface area contributed by atoms with Crippen LogP contribution in [-0.4, -0.2) is 47.7 Å². The number of morpholine rings is 1. The van der Waals surface area contributed by atoms with Gasteiger partial charge in [0.15, 0.2) is 6.10 Å². The average molecular weight is 331 g/mol. The molecular weight excluding hydrogens is 306 g/mol. The standard InChI is InChI=1S/C19H25NO4/c1-14-6-5-7-15(12-14)19(8-3-2-4-9-19)18(23)20-10-11-24-16(13-20)17(21)22/h5-7,12,16H,2-4,8-11,13H2,1H3,(H,21,22). The first kappa shape index (κ1) is 17.0. The lowest BCUT2D eigenvalue weighted by molar-refractivity contribution is -0.161. The number of hydrogen-bond donors (Lipinski definition) is 1. The van der Waals surface area contributed by atoms with Gasteiger partial charge in [0.1, 0.15) is 0 Å². The fraction of sp³-hybridized carbons (Fsp3) is 0.579. The van der Waals surface area contributed by atoms with Crippen molar-refractivity contribution in [3.63, 3.8) is 0 Å². The summed E-state index contributed by atoms with van der Waals surface area (Å²) in [6.45, 7) is 2.93. The minimum atomic E-state index is -0.999. The predicted molar refractivity (Wildman–Crippen MR) is 89.9 cm³/mol. The van der Waals surface area contributed by atoms with E-state index in [4.69, 9.17) is 4.74 Å². The van der Waals surface area contributed by atoms with E-state index < -0.39 is 17.5 Å². The zero-order valence-corrected chi connectivity index (χ0v) is 14.2. The first-order chi connectivity index (χ1) is 11.5. The molecule has 5 nitrogen and oxygen atoms in total. The molecule has 1 aromatic rings. The zero-order chi connectivity index (χ0) is 17.2. The van der Waals surface area contributed by atoms with Gasteiger partial charge in [-0.3, -0.25) is 4.79 Å². The van der Waals surface area contributed by atoms with E-state index in [0.717, 1.165) is 43.2 Å². The Balaban J connectivity index is 1.91. The van der Waals surface area contributed by atoms with Gasteiger partial charge >= 0.3 is 5.97 Å². The second kappa shape index (κ2) is 6.93. The predicted octanol–water partition coefficient (Wildman–Crippen LogP) is 2.51. The zero-order valence-electron chi connectivity index (χ0n) is 14.2. The van der Waals surface area contributed by atoms with Crippen molar-refractivity contribution in [2.24, 2.45) is 0 Å². The summed E-state index contributed by atoms with van der Waals surface area (Å²) in [7, 11) is 0. The van der Waals surface area contributed by atoms with Gasteiger partial charge in [-0.25, -0.2) is 4.79 Å². The van der Waals surface area contributed by atoms with E-state index in [1.165, 1.54) is 0 Å². The molecule has 1 unspecified atom stereocenters. The molecule has 130 valence electrons. The number of carbonyl (C=O) groups excluding carboxylic acids is 1. The third-order valence-electron chi connectivity index (χ3n) is 5.32. The van der Waals surface area contributed by atoms with Gasteiger partial charge in [0, 0.05) is 6.54 Å². The fourth-order valence-electron chi connectivity index (χ4n) is 4.01. The van der Waals surface area contributed by atoms with Gasteiger partial charge in [-0.2, -0.15) is 0 Å². The van der Waals surface area contributed by atoms with Gasteiger partial charge in [-0.1, -0.05) is 49.1 Å². The quantitative estimate of drug-likeness (QED) is 0.924. The van der Waals surface area contributed by atoms with Crippen LogP contribution >= 0.6 is 0 Å². The maximum absolute atomic E-state index is 13.4. The monoisotopic (exact) mass is 331 g/mol. The summed E-state index contributed by atoms with van der Waals surface area (Å²) in [6, 6.07) is 8.21. The largest absolute Gasteiger partial charge is 0.479 e. The van der Waals surface area contributed by atoms with Crippen LogP contribution in [0.4, 0.5) is 0 Å². The summed E-state index contributed by atoms with van der Waals surface area (Å²) >= 11 is 0. The molecule has 1 aliphatic heterocycles. The molecule has 1 saturated carbocycles. The Labute approximate surface area is 142 Å². The van der Waals surface area contributed by atoms with Crippen LogP contribution in [0, 0.1) is 6.92 Å². The smallest absolute Gasteiger partial charge is 0.334 e. The van der Waals surface area contributed by atoms with E-state index in [2.05, 4.69) is 6.07 Å². The molecule has 1 heterocycles. The topological polar surface area (TPSA) is 66.8 Å². The van der Waals surface area contributed by atoms with Crippen LogP contribution in [0.15, 0.2) is 24.3 Å². The number of ether oxygens (including phenoxy) is 1. The van der Waals surface area contributed by atoms with E-state index in [1.54, 1.807) is 4.90 Å². The summed E-state index contributed by atoms with van der Waals surface area (Å²) in [6.07, 6.45) is 3.98. The van der Waals surface area contributed by atoms with E-state index >= 15 is 0 Å². The first-order valence-electron chi connectivity index (χ1n) is 8.74. The Morgan fingerprint density at radius 1 is 1.25 bits per heavy atom. The molecule has 2 fully saturated rings. The van der Waals surface area contributed by atoms with Gasteiger partial charge in [0.25, 0.3) is 0 Å². The Bertz CT molecular complexity index is 622. The molecule has 24 heavy (non-hydrogen) atoms. The second-order valence-electron chi connectivity index (χ2n) is 6.96. The van der Waals surface area contributed by atoms with Crippen molar-refractivity contribution in [3.05, 3.63) is 35.4 Å². The van der Waals surface area contributed by atoms with Gasteiger partial charge in [-0.15, -0.1) is 0 Å². The normalized spacial score (nSPS) is 23.7. The molecule has 5 heteroatoms. The van der Waals surface area contributed by atoms with E-state index in [9.17, 15) is 14.7 Å². The summed E-state index contributed by atoms with van der Waals surface area (Å²) < 4.78 is 5.27. The number of aryl methyl sites for hydroxylation is 1. The Morgan fingerprint density at radius 2 is 2.00 bits per heavy atom. The summed E-state index contributed by atoms with van der Waals surface area (Å²) in [5.41, 5.74) is 1.71. The third-order valence-corrected chi connectivity index (χ3v) is 5.32. The Hall–Kier alpha value is -1.88. The van der Waals surface area contributed by atoms with Crippen molar-refractivity contribution in [1.29, 1.82) is 0 Å².